The van der Waals surface area contributed by atoms with Crippen LogP contribution in [0.2, 0.25) is 5.02 Å². The Bertz CT molecular complexity index is 446. The second kappa shape index (κ2) is 6.05. The third kappa shape index (κ3) is 3.19. The van der Waals surface area contributed by atoms with E-state index < -0.39 is 11.7 Å². The van der Waals surface area contributed by atoms with Gasteiger partial charge in [-0.3, -0.25) is 0 Å². The van der Waals surface area contributed by atoms with Crippen molar-refractivity contribution in [3.63, 3.8) is 0 Å². The topological polar surface area (TPSA) is 29.5 Å². The predicted molar refractivity (Wildman–Crippen MR) is 83.0 cm³/mol. The van der Waals surface area contributed by atoms with Gasteiger partial charge in [-0.05, 0) is 44.1 Å². The first-order valence-electron chi connectivity index (χ1n) is 7.47. The first-order valence-corrected chi connectivity index (χ1v) is 7.84. The van der Waals surface area contributed by atoms with Gasteiger partial charge in [0.25, 0.3) is 0 Å². The van der Waals surface area contributed by atoms with Crippen LogP contribution in [0.5, 0.6) is 0 Å². The molecule has 2 rings (SSSR count). The lowest BCUT2D eigenvalue weighted by Crippen LogP contribution is -2.44. The number of hydrogen-bond donors (Lipinski definition) is 1. The van der Waals surface area contributed by atoms with E-state index in [2.05, 4.69) is 13.8 Å². The third-order valence-electron chi connectivity index (χ3n) is 4.58. The fraction of sp³-hybridized carbons (Fsp3) is 0.647. The van der Waals surface area contributed by atoms with Crippen molar-refractivity contribution in [2.45, 2.75) is 58.2 Å². The van der Waals surface area contributed by atoms with Crippen molar-refractivity contribution >= 4 is 11.6 Å². The van der Waals surface area contributed by atoms with Gasteiger partial charge < -0.3 is 9.84 Å². The molecular formula is C17H25ClO2. The van der Waals surface area contributed by atoms with Crippen LogP contribution < -0.4 is 0 Å². The standard InChI is InChI=1S/C17H25ClO2/c1-4-20-17(11-9-16(2,3)10-12-17)15(19)13-7-5-6-8-14(13)18/h5-8,15,19H,4,9-12H2,1-3H3. The molecule has 1 aromatic rings. The minimum absolute atomic E-state index is 0.334. The molecule has 1 aromatic carbocycles. The highest BCUT2D eigenvalue weighted by molar-refractivity contribution is 6.31. The average molecular weight is 297 g/mol. The fourth-order valence-electron chi connectivity index (χ4n) is 3.11. The van der Waals surface area contributed by atoms with Crippen LogP contribution in [-0.2, 0) is 4.74 Å². The Morgan fingerprint density at radius 2 is 1.80 bits per heavy atom. The molecule has 1 atom stereocenters. The molecule has 0 aromatic heterocycles. The molecule has 0 radical (unpaired) electrons. The van der Waals surface area contributed by atoms with Gasteiger partial charge in [0, 0.05) is 17.2 Å². The van der Waals surface area contributed by atoms with Gasteiger partial charge in [0.2, 0.25) is 0 Å². The van der Waals surface area contributed by atoms with E-state index in [4.69, 9.17) is 16.3 Å². The lowest BCUT2D eigenvalue weighted by atomic mass is 9.68. The summed E-state index contributed by atoms with van der Waals surface area (Å²) >= 11 is 6.24. The molecule has 20 heavy (non-hydrogen) atoms. The van der Waals surface area contributed by atoms with Crippen LogP contribution in [0.25, 0.3) is 0 Å². The molecule has 1 aliphatic carbocycles. The molecule has 0 heterocycles. The van der Waals surface area contributed by atoms with Crippen molar-refractivity contribution < 1.29 is 9.84 Å². The maximum atomic E-state index is 10.9. The van der Waals surface area contributed by atoms with Crippen LogP contribution in [0.4, 0.5) is 0 Å². The summed E-state index contributed by atoms with van der Waals surface area (Å²) in [6, 6.07) is 7.52. The molecule has 0 bridgehead atoms. The van der Waals surface area contributed by atoms with Crippen LogP contribution in [0, 0.1) is 5.41 Å². The van der Waals surface area contributed by atoms with Crippen molar-refractivity contribution in [1.29, 1.82) is 0 Å². The number of rotatable bonds is 4. The summed E-state index contributed by atoms with van der Waals surface area (Å²) in [6.45, 7) is 7.16. The lowest BCUT2D eigenvalue weighted by Gasteiger charge is -2.46. The Balaban J connectivity index is 2.27. The molecular weight excluding hydrogens is 272 g/mol. The molecule has 112 valence electrons. The second-order valence-electron chi connectivity index (χ2n) is 6.59. The highest BCUT2D eigenvalue weighted by Gasteiger charge is 2.45. The van der Waals surface area contributed by atoms with Crippen molar-refractivity contribution in [3.8, 4) is 0 Å². The van der Waals surface area contributed by atoms with Crippen molar-refractivity contribution in [1.82, 2.24) is 0 Å². The molecule has 1 fully saturated rings. The Morgan fingerprint density at radius 3 is 2.35 bits per heavy atom. The number of aliphatic hydroxyl groups excluding tert-OH is 1. The number of benzene rings is 1. The van der Waals surface area contributed by atoms with Gasteiger partial charge in [-0.2, -0.15) is 0 Å². The van der Waals surface area contributed by atoms with E-state index in [0.29, 0.717) is 17.0 Å². The van der Waals surface area contributed by atoms with Gasteiger partial charge in [-0.25, -0.2) is 0 Å². The first kappa shape index (κ1) is 15.8. The Labute approximate surface area is 127 Å². The zero-order valence-electron chi connectivity index (χ0n) is 12.7. The molecule has 1 saturated carbocycles. The highest BCUT2D eigenvalue weighted by Crippen LogP contribution is 2.48. The number of ether oxygens (including phenoxy) is 1. The summed E-state index contributed by atoms with van der Waals surface area (Å²) in [7, 11) is 0. The van der Waals surface area contributed by atoms with Crippen LogP contribution in [0.1, 0.15) is 58.1 Å². The maximum Gasteiger partial charge on any atom is 0.109 e. The summed E-state index contributed by atoms with van der Waals surface area (Å²) in [5, 5.41) is 11.5. The minimum Gasteiger partial charge on any atom is -0.385 e. The van der Waals surface area contributed by atoms with E-state index in [-0.39, 0.29) is 0 Å². The molecule has 1 unspecified atom stereocenters. The summed E-state index contributed by atoms with van der Waals surface area (Å²) in [6.07, 6.45) is 3.22. The summed E-state index contributed by atoms with van der Waals surface area (Å²) in [5.41, 5.74) is 0.623. The first-order chi connectivity index (χ1) is 9.40. The van der Waals surface area contributed by atoms with Gasteiger partial charge in [0.05, 0.1) is 5.60 Å². The van der Waals surface area contributed by atoms with Crippen molar-refractivity contribution in [2.75, 3.05) is 6.61 Å². The zero-order valence-corrected chi connectivity index (χ0v) is 13.4. The number of halogens is 1. The van der Waals surface area contributed by atoms with E-state index in [1.54, 1.807) is 0 Å². The van der Waals surface area contributed by atoms with Crippen LogP contribution in [-0.4, -0.2) is 17.3 Å². The number of aliphatic hydroxyl groups is 1. The van der Waals surface area contributed by atoms with E-state index in [0.717, 1.165) is 31.2 Å². The van der Waals surface area contributed by atoms with E-state index in [1.807, 2.05) is 31.2 Å². The second-order valence-corrected chi connectivity index (χ2v) is 6.99. The smallest absolute Gasteiger partial charge is 0.109 e. The maximum absolute atomic E-state index is 10.9. The van der Waals surface area contributed by atoms with E-state index in [9.17, 15) is 5.11 Å². The van der Waals surface area contributed by atoms with Crippen molar-refractivity contribution in [3.05, 3.63) is 34.9 Å². The quantitative estimate of drug-likeness (QED) is 0.869. The Morgan fingerprint density at radius 1 is 1.20 bits per heavy atom. The van der Waals surface area contributed by atoms with E-state index in [1.165, 1.54) is 0 Å². The lowest BCUT2D eigenvalue weighted by molar-refractivity contribution is -0.153. The minimum atomic E-state index is -0.660. The highest BCUT2D eigenvalue weighted by atomic mass is 35.5. The summed E-state index contributed by atoms with van der Waals surface area (Å²) in [4.78, 5) is 0. The van der Waals surface area contributed by atoms with Gasteiger partial charge in [0.15, 0.2) is 0 Å². The Kier molecular flexibility index (Phi) is 4.78. The molecule has 0 aliphatic heterocycles. The van der Waals surface area contributed by atoms with E-state index >= 15 is 0 Å². The van der Waals surface area contributed by atoms with Crippen molar-refractivity contribution in [2.24, 2.45) is 5.41 Å². The Hall–Kier alpha value is -0.570. The van der Waals surface area contributed by atoms with Crippen LogP contribution in [0.15, 0.2) is 24.3 Å². The molecule has 1 aliphatic rings. The average Bonchev–Trinajstić information content (AvgIpc) is 2.42. The summed E-state index contributed by atoms with van der Waals surface area (Å²) < 4.78 is 6.03. The third-order valence-corrected chi connectivity index (χ3v) is 4.92. The zero-order chi connectivity index (χ0) is 14.8. The molecule has 1 N–H and O–H groups in total. The van der Waals surface area contributed by atoms with Gasteiger partial charge >= 0.3 is 0 Å². The largest absolute Gasteiger partial charge is 0.385 e. The van der Waals surface area contributed by atoms with Gasteiger partial charge in [-0.15, -0.1) is 0 Å². The number of hydrogen-bond acceptors (Lipinski definition) is 2. The SMILES string of the molecule is CCOC1(C(O)c2ccccc2Cl)CCC(C)(C)CC1. The molecule has 2 nitrogen and oxygen atoms in total. The summed E-state index contributed by atoms with van der Waals surface area (Å²) in [5.74, 6) is 0. The van der Waals surface area contributed by atoms with Gasteiger partial charge in [0.1, 0.15) is 6.10 Å². The monoisotopic (exact) mass is 296 g/mol. The van der Waals surface area contributed by atoms with Gasteiger partial charge in [-0.1, -0.05) is 43.6 Å². The van der Waals surface area contributed by atoms with Crippen LogP contribution in [0.3, 0.4) is 0 Å². The fourth-order valence-corrected chi connectivity index (χ4v) is 3.35. The molecule has 0 spiro atoms. The predicted octanol–water partition coefficient (Wildman–Crippen LogP) is 4.75. The molecule has 3 heteroatoms. The molecule has 0 amide bonds. The molecule has 0 saturated heterocycles. The normalized spacial score (nSPS) is 22.4. The van der Waals surface area contributed by atoms with Crippen LogP contribution >= 0.6 is 11.6 Å².